The Labute approximate surface area is 138 Å². The molecule has 0 bridgehead atoms. The van der Waals surface area contributed by atoms with Gasteiger partial charge in [0.05, 0.1) is 6.10 Å². The third-order valence-electron chi connectivity index (χ3n) is 4.24. The quantitative estimate of drug-likeness (QED) is 0.853. The first-order chi connectivity index (χ1) is 10.2. The van der Waals surface area contributed by atoms with Crippen LogP contribution in [0.4, 0.5) is 0 Å². The van der Waals surface area contributed by atoms with Gasteiger partial charge in [-0.3, -0.25) is 0 Å². The molecule has 1 aromatic heterocycles. The summed E-state index contributed by atoms with van der Waals surface area (Å²) in [4.78, 5) is 2.53. The Kier molecular flexibility index (Phi) is 4.79. The number of thiophene rings is 1. The molecule has 0 radical (unpaired) electrons. The van der Waals surface area contributed by atoms with E-state index in [1.807, 2.05) is 24.3 Å². The predicted molar refractivity (Wildman–Crippen MR) is 91.9 cm³/mol. The number of hydrogen-bond donors (Lipinski definition) is 2. The summed E-state index contributed by atoms with van der Waals surface area (Å²) in [6, 6.07) is 10.3. The summed E-state index contributed by atoms with van der Waals surface area (Å²) >= 11 is 5.22. The number of hydrogen-bond acceptors (Lipinski definition) is 3. The molecule has 1 aromatic carbocycles. The van der Waals surface area contributed by atoms with Crippen molar-refractivity contribution in [3.05, 3.63) is 55.7 Å². The van der Waals surface area contributed by atoms with Crippen molar-refractivity contribution < 1.29 is 5.11 Å². The summed E-state index contributed by atoms with van der Waals surface area (Å²) in [7, 11) is 0. The Morgan fingerprint density at radius 1 is 1.19 bits per heavy atom. The monoisotopic (exact) mass is 365 g/mol. The van der Waals surface area contributed by atoms with E-state index in [0.717, 1.165) is 27.8 Å². The summed E-state index contributed by atoms with van der Waals surface area (Å²) in [6.45, 7) is 0.450. The number of benzene rings is 1. The lowest BCUT2D eigenvalue weighted by atomic mass is 9.91. The minimum atomic E-state index is -0.508. The molecular formula is C17H20BrNOS. The van der Waals surface area contributed by atoms with Crippen LogP contribution in [-0.4, -0.2) is 11.7 Å². The van der Waals surface area contributed by atoms with Crippen LogP contribution in [0, 0.1) is 0 Å². The number of rotatable bonds is 4. The lowest BCUT2D eigenvalue weighted by molar-refractivity contribution is 0.151. The second-order valence-electron chi connectivity index (χ2n) is 5.64. The molecule has 1 heterocycles. The van der Waals surface area contributed by atoms with Crippen molar-refractivity contribution in [2.45, 2.75) is 37.7 Å². The maximum atomic E-state index is 10.8. The molecule has 0 fully saturated rings. The smallest absolute Gasteiger partial charge is 0.0962 e. The lowest BCUT2D eigenvalue weighted by Crippen LogP contribution is -2.19. The van der Waals surface area contributed by atoms with Crippen LogP contribution in [0.5, 0.6) is 0 Å². The molecule has 0 aliphatic heterocycles. The number of halogens is 1. The van der Waals surface area contributed by atoms with Crippen molar-refractivity contribution in [3.8, 4) is 0 Å². The zero-order valence-corrected chi connectivity index (χ0v) is 14.3. The van der Waals surface area contributed by atoms with Gasteiger partial charge in [-0.05, 0) is 55.0 Å². The third kappa shape index (κ3) is 3.24. The van der Waals surface area contributed by atoms with E-state index in [1.165, 1.54) is 23.3 Å². The molecular weight excluding hydrogens is 346 g/mol. The molecule has 21 heavy (non-hydrogen) atoms. The van der Waals surface area contributed by atoms with Crippen molar-refractivity contribution in [1.29, 1.82) is 0 Å². The van der Waals surface area contributed by atoms with Gasteiger partial charge in [-0.2, -0.15) is 0 Å². The zero-order valence-electron chi connectivity index (χ0n) is 11.9. The molecule has 0 amide bonds. The van der Waals surface area contributed by atoms with Crippen LogP contribution in [0.15, 0.2) is 34.8 Å². The fraction of sp³-hybridized carbons (Fsp3) is 0.412. The number of aliphatic hydroxyl groups excluding tert-OH is 1. The highest BCUT2D eigenvalue weighted by atomic mass is 79.9. The van der Waals surface area contributed by atoms with Crippen LogP contribution in [-0.2, 0) is 12.8 Å². The summed E-state index contributed by atoms with van der Waals surface area (Å²) in [5, 5.41) is 10.8. The second-order valence-corrected chi connectivity index (χ2v) is 7.73. The van der Waals surface area contributed by atoms with Crippen molar-refractivity contribution in [2.24, 2.45) is 5.73 Å². The highest BCUT2D eigenvalue weighted by Gasteiger charge is 2.25. The Hall–Kier alpha value is -0.680. The fourth-order valence-corrected chi connectivity index (χ4v) is 4.59. The van der Waals surface area contributed by atoms with Crippen LogP contribution in [0.3, 0.4) is 0 Å². The number of fused-ring (bicyclic) bond motifs is 1. The van der Waals surface area contributed by atoms with Gasteiger partial charge in [0.2, 0.25) is 0 Å². The normalized spacial score (nSPS) is 17.3. The van der Waals surface area contributed by atoms with Gasteiger partial charge in [-0.1, -0.05) is 28.1 Å². The molecule has 1 aliphatic carbocycles. The first-order valence-electron chi connectivity index (χ1n) is 7.44. The van der Waals surface area contributed by atoms with E-state index in [4.69, 9.17) is 5.73 Å². The van der Waals surface area contributed by atoms with Gasteiger partial charge in [0.1, 0.15) is 0 Å². The highest BCUT2D eigenvalue weighted by Crippen LogP contribution is 2.38. The molecule has 1 aliphatic rings. The molecule has 112 valence electrons. The van der Waals surface area contributed by atoms with Gasteiger partial charge in [-0.15, -0.1) is 11.3 Å². The van der Waals surface area contributed by atoms with Gasteiger partial charge >= 0.3 is 0 Å². The van der Waals surface area contributed by atoms with Crippen LogP contribution in [0.1, 0.15) is 45.7 Å². The van der Waals surface area contributed by atoms with E-state index < -0.39 is 6.10 Å². The van der Waals surface area contributed by atoms with Gasteiger partial charge in [0.25, 0.3) is 0 Å². The highest BCUT2D eigenvalue weighted by molar-refractivity contribution is 9.10. The van der Waals surface area contributed by atoms with Gasteiger partial charge in [-0.25, -0.2) is 0 Å². The summed E-state index contributed by atoms with van der Waals surface area (Å²) < 4.78 is 1.04. The van der Waals surface area contributed by atoms with Gasteiger partial charge < -0.3 is 10.8 Å². The topological polar surface area (TPSA) is 46.2 Å². The van der Waals surface area contributed by atoms with E-state index in [2.05, 4.69) is 22.0 Å². The van der Waals surface area contributed by atoms with Crippen LogP contribution >= 0.6 is 27.3 Å². The van der Waals surface area contributed by atoms with E-state index in [0.29, 0.717) is 6.54 Å². The Bertz CT molecular complexity index is 584. The molecule has 2 atom stereocenters. The van der Waals surface area contributed by atoms with Crippen LogP contribution < -0.4 is 5.73 Å². The van der Waals surface area contributed by atoms with E-state index in [1.54, 1.807) is 11.3 Å². The number of nitrogens with two attached hydrogens (primary N) is 1. The molecule has 2 nitrogen and oxygen atoms in total. The summed E-state index contributed by atoms with van der Waals surface area (Å²) in [5.41, 5.74) is 8.47. The fourth-order valence-electron chi connectivity index (χ4n) is 3.01. The third-order valence-corrected chi connectivity index (χ3v) is 6.08. The summed E-state index contributed by atoms with van der Waals surface area (Å²) in [6.07, 6.45) is 4.36. The minimum absolute atomic E-state index is 0.0433. The SMILES string of the molecule is NCC(c1ccc(Br)cc1)C(O)c1cc2c(s1)CCCC2. The maximum Gasteiger partial charge on any atom is 0.0962 e. The number of aliphatic hydroxyl groups is 1. The predicted octanol–water partition coefficient (Wildman–Crippen LogP) is 4.17. The maximum absolute atomic E-state index is 10.8. The molecule has 2 unspecified atom stereocenters. The Morgan fingerprint density at radius 3 is 2.57 bits per heavy atom. The lowest BCUT2D eigenvalue weighted by Gasteiger charge is -2.21. The molecule has 4 heteroatoms. The first kappa shape index (κ1) is 15.2. The first-order valence-corrected chi connectivity index (χ1v) is 9.05. The van der Waals surface area contributed by atoms with Crippen molar-refractivity contribution in [3.63, 3.8) is 0 Å². The zero-order chi connectivity index (χ0) is 14.8. The van der Waals surface area contributed by atoms with Crippen LogP contribution in [0.25, 0.3) is 0 Å². The largest absolute Gasteiger partial charge is 0.387 e. The summed E-state index contributed by atoms with van der Waals surface area (Å²) in [5.74, 6) is -0.0433. The second kappa shape index (κ2) is 6.61. The van der Waals surface area contributed by atoms with Crippen molar-refractivity contribution in [1.82, 2.24) is 0 Å². The molecule has 0 saturated carbocycles. The average molecular weight is 366 g/mol. The van der Waals surface area contributed by atoms with E-state index in [9.17, 15) is 5.11 Å². The average Bonchev–Trinajstić information content (AvgIpc) is 2.93. The standard InChI is InChI=1S/C17H20BrNOS/c18-13-7-5-11(6-8-13)14(10-19)17(20)16-9-12-3-1-2-4-15(12)21-16/h5-9,14,17,20H,1-4,10,19H2. The van der Waals surface area contributed by atoms with Gasteiger partial charge in [0, 0.05) is 26.7 Å². The van der Waals surface area contributed by atoms with E-state index >= 15 is 0 Å². The Balaban J connectivity index is 1.86. The minimum Gasteiger partial charge on any atom is -0.387 e. The van der Waals surface area contributed by atoms with Gasteiger partial charge in [0.15, 0.2) is 0 Å². The van der Waals surface area contributed by atoms with Crippen molar-refractivity contribution >= 4 is 27.3 Å². The van der Waals surface area contributed by atoms with E-state index in [-0.39, 0.29) is 5.92 Å². The molecule has 3 N–H and O–H groups in total. The molecule has 2 aromatic rings. The van der Waals surface area contributed by atoms with Crippen molar-refractivity contribution in [2.75, 3.05) is 6.54 Å². The molecule has 3 rings (SSSR count). The molecule has 0 spiro atoms. The Morgan fingerprint density at radius 2 is 1.90 bits per heavy atom. The van der Waals surface area contributed by atoms with Crippen LogP contribution in [0.2, 0.25) is 0 Å². The number of aryl methyl sites for hydroxylation is 2. The molecule has 0 saturated heterocycles.